The molecule has 0 aromatic heterocycles. The molecule has 4 heteroatoms. The first-order valence-corrected chi connectivity index (χ1v) is 23.0. The van der Waals surface area contributed by atoms with Gasteiger partial charge in [-0.05, 0) is 78.7 Å². The van der Waals surface area contributed by atoms with E-state index in [2.05, 4.69) is 159 Å². The van der Waals surface area contributed by atoms with Crippen LogP contribution in [-0.4, -0.2) is 24.7 Å². The molecule has 47 heavy (non-hydrogen) atoms. The van der Waals surface area contributed by atoms with Crippen molar-refractivity contribution in [3.63, 3.8) is 0 Å². The summed E-state index contributed by atoms with van der Waals surface area (Å²) in [4.78, 5) is 0. The van der Waals surface area contributed by atoms with Gasteiger partial charge in [-0.25, -0.2) is 0 Å². The van der Waals surface area contributed by atoms with Crippen LogP contribution in [0.5, 0.6) is 5.75 Å². The van der Waals surface area contributed by atoms with E-state index in [-0.39, 0.29) is 0 Å². The number of benzene rings is 7. The average Bonchev–Trinajstić information content (AvgIpc) is 3.30. The van der Waals surface area contributed by atoms with E-state index < -0.39 is 25.5 Å². The zero-order valence-electron chi connectivity index (χ0n) is 27.3. The van der Waals surface area contributed by atoms with Crippen molar-refractivity contribution in [2.45, 2.75) is 25.4 Å². The average molecular weight is 659 g/mol. The Bertz CT molecular complexity index is 2150. The maximum atomic E-state index is 5.61. The van der Waals surface area contributed by atoms with Gasteiger partial charge in [-0.3, -0.25) is 0 Å². The standard InChI is InChI=1S/C43H39OPSi2/c1-44-34-24-26-35(27-25-34)47(41-19-11-10-18-40(41)46(2)3)39-17-9-8-16-38(39)45-28-32-22-20-30-12-4-6-14-36(30)42(32)43-33(29-45)23-21-31-13-5-7-15-37(31)43/h4-27,46-47H,28-29H2,1-3H3/t47-/m0/s1. The summed E-state index contributed by atoms with van der Waals surface area (Å²) in [5.74, 6) is 0.919. The second-order valence-electron chi connectivity index (χ2n) is 13.0. The predicted molar refractivity (Wildman–Crippen MR) is 211 cm³/mol. The SMILES string of the molecule is COc1ccc([Si@H](c2ccccc2[SiH](C)C)c2ccccc2P2Cc3ccc4ccccc4c3-c3c(ccc4ccccc34)C2)cc1. The molecular weight excluding hydrogens is 620 g/mol. The Kier molecular flexibility index (Phi) is 8.15. The maximum Gasteiger partial charge on any atom is 0.133 e. The Balaban J connectivity index is 1.36. The molecule has 0 fully saturated rings. The van der Waals surface area contributed by atoms with Crippen LogP contribution in [0.3, 0.4) is 0 Å². The quantitative estimate of drug-likeness (QED) is 0.103. The van der Waals surface area contributed by atoms with Crippen molar-refractivity contribution in [2.75, 3.05) is 7.11 Å². The summed E-state index contributed by atoms with van der Waals surface area (Å²) in [6.45, 7) is 4.95. The van der Waals surface area contributed by atoms with Crippen LogP contribution >= 0.6 is 7.92 Å². The van der Waals surface area contributed by atoms with Crippen molar-refractivity contribution in [3.05, 3.63) is 157 Å². The van der Waals surface area contributed by atoms with Gasteiger partial charge in [0, 0.05) is 0 Å². The van der Waals surface area contributed by atoms with E-state index in [4.69, 9.17) is 4.74 Å². The molecule has 0 amide bonds. The summed E-state index contributed by atoms with van der Waals surface area (Å²) >= 11 is 0. The van der Waals surface area contributed by atoms with Gasteiger partial charge in [0.25, 0.3) is 0 Å². The first kappa shape index (κ1) is 30.1. The molecule has 7 aromatic rings. The van der Waals surface area contributed by atoms with Crippen LogP contribution in [0.25, 0.3) is 32.7 Å². The molecule has 0 N–H and O–H groups in total. The molecule has 1 aliphatic heterocycles. The van der Waals surface area contributed by atoms with E-state index in [1.807, 2.05) is 0 Å². The van der Waals surface area contributed by atoms with Crippen molar-refractivity contribution in [2.24, 2.45) is 0 Å². The van der Waals surface area contributed by atoms with E-state index >= 15 is 0 Å². The molecule has 1 atom stereocenters. The van der Waals surface area contributed by atoms with Crippen molar-refractivity contribution in [1.29, 1.82) is 0 Å². The lowest BCUT2D eigenvalue weighted by atomic mass is 9.88. The molecule has 0 saturated heterocycles. The lowest BCUT2D eigenvalue weighted by Crippen LogP contribution is -2.61. The van der Waals surface area contributed by atoms with Gasteiger partial charge < -0.3 is 4.74 Å². The fourth-order valence-electron chi connectivity index (χ4n) is 7.77. The smallest absolute Gasteiger partial charge is 0.133 e. The van der Waals surface area contributed by atoms with Crippen molar-refractivity contribution in [1.82, 2.24) is 0 Å². The van der Waals surface area contributed by atoms with E-state index in [0.717, 1.165) is 18.1 Å². The highest BCUT2D eigenvalue weighted by molar-refractivity contribution is 7.65. The molecule has 0 saturated carbocycles. The Morgan fingerprint density at radius 1 is 0.511 bits per heavy atom. The minimum Gasteiger partial charge on any atom is -0.497 e. The second kappa shape index (κ2) is 12.7. The van der Waals surface area contributed by atoms with E-state index in [1.165, 1.54) is 49.0 Å². The summed E-state index contributed by atoms with van der Waals surface area (Å²) in [6.07, 6.45) is 2.17. The zero-order chi connectivity index (χ0) is 31.9. The van der Waals surface area contributed by atoms with Gasteiger partial charge in [0.15, 0.2) is 0 Å². The normalized spacial score (nSPS) is 13.7. The van der Waals surface area contributed by atoms with Crippen LogP contribution in [0.2, 0.25) is 13.1 Å². The zero-order valence-corrected chi connectivity index (χ0v) is 30.5. The third kappa shape index (κ3) is 5.47. The van der Waals surface area contributed by atoms with Crippen LogP contribution in [0.4, 0.5) is 0 Å². The number of methoxy groups -OCH3 is 1. The third-order valence-electron chi connectivity index (χ3n) is 9.97. The number of rotatable bonds is 6. The number of ether oxygens (including phenoxy) is 1. The van der Waals surface area contributed by atoms with Crippen LogP contribution in [0.15, 0.2) is 146 Å². The van der Waals surface area contributed by atoms with E-state index in [0.29, 0.717) is 0 Å². The Morgan fingerprint density at radius 3 is 1.60 bits per heavy atom. The van der Waals surface area contributed by atoms with Crippen LogP contribution in [-0.2, 0) is 12.3 Å². The third-order valence-corrected chi connectivity index (χ3v) is 18.2. The summed E-state index contributed by atoms with van der Waals surface area (Å²) in [6, 6.07) is 55.4. The van der Waals surface area contributed by atoms with Crippen LogP contribution < -0.4 is 30.8 Å². The maximum absolute atomic E-state index is 5.61. The molecule has 0 bridgehead atoms. The summed E-state index contributed by atoms with van der Waals surface area (Å²) in [7, 11) is -1.65. The van der Waals surface area contributed by atoms with Gasteiger partial charge in [0.2, 0.25) is 0 Å². The molecule has 1 heterocycles. The minimum absolute atomic E-state index is 0.524. The van der Waals surface area contributed by atoms with Crippen LogP contribution in [0.1, 0.15) is 11.1 Å². The lowest BCUT2D eigenvalue weighted by Gasteiger charge is -2.27. The molecule has 0 aliphatic carbocycles. The van der Waals surface area contributed by atoms with Gasteiger partial charge in [0.05, 0.1) is 15.9 Å². The highest BCUT2D eigenvalue weighted by atomic mass is 31.1. The van der Waals surface area contributed by atoms with Gasteiger partial charge in [-0.2, -0.15) is 0 Å². The topological polar surface area (TPSA) is 9.23 Å². The van der Waals surface area contributed by atoms with Gasteiger partial charge in [-0.1, -0.05) is 170 Å². The van der Waals surface area contributed by atoms with Crippen LogP contribution in [0, 0.1) is 0 Å². The van der Waals surface area contributed by atoms with Gasteiger partial charge in [0.1, 0.15) is 14.5 Å². The second-order valence-corrected chi connectivity index (χ2v) is 20.9. The fraction of sp³-hybridized carbons (Fsp3) is 0.116. The van der Waals surface area contributed by atoms with Crippen molar-refractivity contribution < 1.29 is 4.74 Å². The summed E-state index contributed by atoms with van der Waals surface area (Å²) in [5.41, 5.74) is 5.85. The molecular formula is C43H39OPSi2. The summed E-state index contributed by atoms with van der Waals surface area (Å²) < 4.78 is 5.61. The Labute approximate surface area is 282 Å². The Morgan fingerprint density at radius 2 is 1.02 bits per heavy atom. The number of fused-ring (bicyclic) bond motifs is 7. The summed E-state index contributed by atoms with van der Waals surface area (Å²) in [5, 5.41) is 13.2. The first-order chi connectivity index (χ1) is 23.1. The fourth-order valence-corrected chi connectivity index (χ4v) is 17.1. The minimum atomic E-state index is -1.82. The Hall–Kier alpha value is -4.28. The molecule has 1 aliphatic rings. The van der Waals surface area contributed by atoms with Gasteiger partial charge in [-0.15, -0.1) is 0 Å². The molecule has 0 radical (unpaired) electrons. The molecule has 7 aromatic carbocycles. The highest BCUT2D eigenvalue weighted by Gasteiger charge is 2.30. The highest BCUT2D eigenvalue weighted by Crippen LogP contribution is 2.52. The van der Waals surface area contributed by atoms with Crippen molar-refractivity contribution >= 4 is 73.1 Å². The molecule has 8 rings (SSSR count). The monoisotopic (exact) mass is 658 g/mol. The molecule has 1 nitrogen and oxygen atoms in total. The van der Waals surface area contributed by atoms with E-state index in [1.54, 1.807) is 28.0 Å². The van der Waals surface area contributed by atoms with Gasteiger partial charge >= 0.3 is 0 Å². The molecule has 0 unspecified atom stereocenters. The predicted octanol–water partition coefficient (Wildman–Crippen LogP) is 7.43. The largest absolute Gasteiger partial charge is 0.497 e. The molecule has 0 spiro atoms. The number of hydrogen-bond donors (Lipinski definition) is 0. The number of hydrogen-bond acceptors (Lipinski definition) is 1. The van der Waals surface area contributed by atoms with E-state index in [9.17, 15) is 0 Å². The molecule has 230 valence electrons. The van der Waals surface area contributed by atoms with Crippen molar-refractivity contribution in [3.8, 4) is 16.9 Å². The lowest BCUT2D eigenvalue weighted by molar-refractivity contribution is 0.415. The first-order valence-electron chi connectivity index (χ1n) is 16.7.